The second-order valence-corrected chi connectivity index (χ2v) is 12.6. The highest BCUT2D eigenvalue weighted by molar-refractivity contribution is 7.95. The highest BCUT2D eigenvalue weighted by Gasteiger charge is 2.47. The zero-order valence-electron chi connectivity index (χ0n) is 21.9. The van der Waals surface area contributed by atoms with Crippen LogP contribution in [0.15, 0.2) is 130 Å². The highest BCUT2D eigenvalue weighted by atomic mass is 79.9. The predicted octanol–water partition coefficient (Wildman–Crippen LogP) is 3.91. The third-order valence-electron chi connectivity index (χ3n) is 6.75. The van der Waals surface area contributed by atoms with E-state index in [1.54, 1.807) is 12.5 Å². The molecule has 8 heteroatoms. The average Bonchev–Trinajstić information content (AvgIpc) is 3.78. The molecule has 6 aromatic rings. The molecule has 0 N–H and O–H groups in total. The monoisotopic (exact) mass is 611 g/mol. The lowest BCUT2D eigenvalue weighted by molar-refractivity contribution is -0.00000938. The first-order valence-electron chi connectivity index (χ1n) is 12.8. The highest BCUT2D eigenvalue weighted by Crippen LogP contribution is 2.58. The Hall–Kier alpha value is -4.06. The Balaban J connectivity index is 0.00000323. The van der Waals surface area contributed by atoms with Gasteiger partial charge in [-0.2, -0.15) is 0 Å². The zero-order valence-corrected chi connectivity index (χ0v) is 24.4. The van der Waals surface area contributed by atoms with Gasteiger partial charge in [-0.1, -0.05) is 68.1 Å². The molecular weight excluding hydrogens is 585 g/mol. The number of rotatable bonds is 9. The Bertz CT molecular complexity index is 1600. The van der Waals surface area contributed by atoms with Crippen molar-refractivity contribution >= 4 is 28.7 Å². The number of aromatic nitrogens is 3. The maximum absolute atomic E-state index is 6.07. The van der Waals surface area contributed by atoms with Crippen molar-refractivity contribution in [2.45, 2.75) is 19.5 Å². The van der Waals surface area contributed by atoms with Gasteiger partial charge >= 0.3 is 0 Å². The van der Waals surface area contributed by atoms with Gasteiger partial charge in [0.2, 0.25) is 17.7 Å². The van der Waals surface area contributed by atoms with Crippen LogP contribution in [0.3, 0.4) is 0 Å². The van der Waals surface area contributed by atoms with E-state index in [2.05, 4.69) is 89.3 Å². The molecule has 200 valence electrons. The van der Waals surface area contributed by atoms with Crippen molar-refractivity contribution in [2.24, 2.45) is 0 Å². The number of halogens is 1. The lowest BCUT2D eigenvalue weighted by atomic mass is 10.2. The number of allylic oxidation sites excluding steroid dienone is 1. The third kappa shape index (κ3) is 5.23. The molecule has 0 amide bonds. The quantitative estimate of drug-likeness (QED) is 0.231. The number of hydrogen-bond donors (Lipinski definition) is 0. The molecule has 0 aliphatic heterocycles. The molecule has 0 unspecified atom stereocenters. The fourth-order valence-corrected chi connectivity index (χ4v) is 8.71. The Morgan fingerprint density at radius 2 is 1.12 bits per heavy atom. The first kappa shape index (κ1) is 27.5. The van der Waals surface area contributed by atoms with Gasteiger partial charge in [0.25, 0.3) is 0 Å². The third-order valence-corrected chi connectivity index (χ3v) is 11.0. The number of nitrogens with zero attached hydrogens (tertiary/aromatic N) is 3. The summed E-state index contributed by atoms with van der Waals surface area (Å²) in [6, 6.07) is 31.9. The maximum Gasteiger partial charge on any atom is 0.249 e. The number of oxazole rings is 3. The molecule has 3 heterocycles. The molecule has 40 heavy (non-hydrogen) atoms. The minimum atomic E-state index is -2.15. The molecule has 3 aromatic heterocycles. The molecule has 0 saturated carbocycles. The Kier molecular flexibility index (Phi) is 8.24. The van der Waals surface area contributed by atoms with Crippen LogP contribution in [-0.2, 0) is 6.16 Å². The molecule has 0 spiro atoms. The van der Waals surface area contributed by atoms with Gasteiger partial charge < -0.3 is 30.2 Å². The summed E-state index contributed by atoms with van der Waals surface area (Å²) in [5, 5.41) is 3.77. The van der Waals surface area contributed by atoms with Crippen LogP contribution in [0, 0.1) is 0 Å². The van der Waals surface area contributed by atoms with Crippen LogP contribution >= 0.6 is 7.26 Å². The van der Waals surface area contributed by atoms with Gasteiger partial charge in [-0.05, 0) is 48.4 Å². The van der Waals surface area contributed by atoms with E-state index in [9.17, 15) is 0 Å². The van der Waals surface area contributed by atoms with Crippen molar-refractivity contribution in [2.75, 3.05) is 0 Å². The summed E-state index contributed by atoms with van der Waals surface area (Å²) in [5.74, 6) is 1.34. The normalized spacial score (nSPS) is 11.2. The molecule has 0 saturated heterocycles. The second-order valence-electron chi connectivity index (χ2n) is 9.13. The van der Waals surface area contributed by atoms with Gasteiger partial charge in [0.1, 0.15) is 53.8 Å². The largest absolute Gasteiger partial charge is 1.00 e. The van der Waals surface area contributed by atoms with Gasteiger partial charge in [-0.15, -0.1) is 0 Å². The van der Waals surface area contributed by atoms with Crippen LogP contribution in [0.4, 0.5) is 0 Å². The molecule has 0 bridgehead atoms. The van der Waals surface area contributed by atoms with Crippen molar-refractivity contribution in [1.29, 1.82) is 0 Å². The Labute approximate surface area is 243 Å². The van der Waals surface area contributed by atoms with Gasteiger partial charge in [-0.3, -0.25) is 0 Å². The van der Waals surface area contributed by atoms with Crippen LogP contribution in [-0.4, -0.2) is 15.0 Å². The minimum Gasteiger partial charge on any atom is -1.00 e. The number of hydrogen-bond acceptors (Lipinski definition) is 6. The average molecular weight is 612 g/mol. The predicted molar refractivity (Wildman–Crippen MR) is 156 cm³/mol. The van der Waals surface area contributed by atoms with E-state index < -0.39 is 7.26 Å². The zero-order chi connectivity index (χ0) is 26.7. The summed E-state index contributed by atoms with van der Waals surface area (Å²) >= 11 is 0. The van der Waals surface area contributed by atoms with Crippen LogP contribution in [0.5, 0.6) is 0 Å². The van der Waals surface area contributed by atoms with Crippen molar-refractivity contribution in [3.05, 3.63) is 128 Å². The van der Waals surface area contributed by atoms with Gasteiger partial charge in [0.05, 0.1) is 0 Å². The van der Waals surface area contributed by atoms with E-state index in [1.165, 1.54) is 22.2 Å². The summed E-state index contributed by atoms with van der Waals surface area (Å²) in [6.07, 6.45) is 6.10. The van der Waals surface area contributed by atoms with E-state index >= 15 is 0 Å². The molecule has 3 aromatic carbocycles. The minimum absolute atomic E-state index is 0. The summed E-state index contributed by atoms with van der Waals surface area (Å²) < 4.78 is 17.4. The lowest BCUT2D eigenvalue weighted by Crippen LogP contribution is -3.00. The van der Waals surface area contributed by atoms with Gasteiger partial charge in [0.15, 0.2) is 11.4 Å². The summed E-state index contributed by atoms with van der Waals surface area (Å²) in [6.45, 7) is 6.04. The smallest absolute Gasteiger partial charge is 0.249 e. The van der Waals surface area contributed by atoms with Crippen molar-refractivity contribution in [3.63, 3.8) is 0 Å². The van der Waals surface area contributed by atoms with E-state index in [4.69, 9.17) is 18.2 Å². The van der Waals surface area contributed by atoms with Crippen LogP contribution in [0.1, 0.15) is 24.9 Å². The molecular formula is C32H27BrN3O3P. The molecule has 6 nitrogen and oxygen atoms in total. The molecule has 0 atom stereocenters. The molecule has 6 rings (SSSR count). The molecule has 0 fully saturated rings. The van der Waals surface area contributed by atoms with E-state index in [-0.39, 0.29) is 17.0 Å². The van der Waals surface area contributed by atoms with Crippen molar-refractivity contribution < 1.29 is 30.2 Å². The molecule has 0 aliphatic carbocycles. The summed E-state index contributed by atoms with van der Waals surface area (Å²) in [5.41, 5.74) is 2.62. The maximum atomic E-state index is 6.07. The number of benzene rings is 3. The first-order valence-corrected chi connectivity index (χ1v) is 14.7. The first-order chi connectivity index (χ1) is 19.2. The van der Waals surface area contributed by atoms with Crippen LogP contribution in [0.2, 0.25) is 0 Å². The van der Waals surface area contributed by atoms with Crippen molar-refractivity contribution in [1.82, 2.24) is 15.0 Å². The van der Waals surface area contributed by atoms with E-state index in [0.29, 0.717) is 40.9 Å². The second kappa shape index (κ2) is 12.0. The van der Waals surface area contributed by atoms with E-state index in [0.717, 1.165) is 12.0 Å². The fraction of sp³-hybridized carbons (Fsp3) is 0.0938. The van der Waals surface area contributed by atoms with Crippen molar-refractivity contribution in [3.8, 4) is 23.2 Å². The standard InChI is InChI=1S/C32H27N3O3P.BrH/c1-3-23(2)27-19-37-32(34-27)29-21-38-31(35-29)28-20-36-30(33-28)22-39(24-13-7-4-8-14-24,25-15-9-5-10-16-25)26-17-11-6-12-18-26;/h4-21H,2-3,22H2,1H3;1H/q+1;/p-1. The van der Waals surface area contributed by atoms with Crippen LogP contribution < -0.4 is 32.9 Å². The van der Waals surface area contributed by atoms with Crippen LogP contribution in [0.25, 0.3) is 28.7 Å². The summed E-state index contributed by atoms with van der Waals surface area (Å²) in [7, 11) is -2.15. The molecule has 0 aliphatic rings. The SMILES string of the molecule is C=C(CC)c1coc(-c2coc(-c3coc(C[P+](c4ccccc4)(c4ccccc4)c4ccccc4)n3)n2)n1.[Br-]. The van der Waals surface area contributed by atoms with E-state index in [1.807, 2.05) is 25.1 Å². The Morgan fingerprint density at radius 3 is 1.68 bits per heavy atom. The summed E-state index contributed by atoms with van der Waals surface area (Å²) in [4.78, 5) is 13.9. The molecule has 0 radical (unpaired) electrons. The topological polar surface area (TPSA) is 78.1 Å². The lowest BCUT2D eigenvalue weighted by Gasteiger charge is -2.26. The Morgan fingerprint density at radius 1 is 0.650 bits per heavy atom. The van der Waals surface area contributed by atoms with Gasteiger partial charge in [0, 0.05) is 0 Å². The van der Waals surface area contributed by atoms with Gasteiger partial charge in [-0.25, -0.2) is 15.0 Å². The fourth-order valence-electron chi connectivity index (χ4n) is 4.68.